The van der Waals surface area contributed by atoms with Gasteiger partial charge in [0, 0.05) is 30.0 Å². The second-order valence-corrected chi connectivity index (χ2v) is 5.71. The molecule has 3 nitrogen and oxygen atoms in total. The monoisotopic (exact) mass is 238 g/mol. The second-order valence-electron chi connectivity index (χ2n) is 4.39. The Balaban J connectivity index is 1.69. The van der Waals surface area contributed by atoms with E-state index >= 15 is 0 Å². The quantitative estimate of drug-likeness (QED) is 0.874. The molecule has 88 valence electrons. The smallest absolute Gasteiger partial charge is 0.223 e. The van der Waals surface area contributed by atoms with E-state index in [-0.39, 0.29) is 11.8 Å². The van der Waals surface area contributed by atoms with E-state index < -0.39 is 0 Å². The van der Waals surface area contributed by atoms with Gasteiger partial charge in [0.15, 0.2) is 0 Å². The van der Waals surface area contributed by atoms with Crippen molar-refractivity contribution in [3.63, 3.8) is 0 Å². The highest BCUT2D eigenvalue weighted by Gasteiger charge is 2.21. The third-order valence-corrected chi connectivity index (χ3v) is 4.01. The summed E-state index contributed by atoms with van der Waals surface area (Å²) >= 11 is 1.71. The summed E-state index contributed by atoms with van der Waals surface area (Å²) in [6.45, 7) is 2.78. The second kappa shape index (κ2) is 5.43. The van der Waals surface area contributed by atoms with Crippen molar-refractivity contribution in [1.82, 2.24) is 10.3 Å². The molecule has 1 fully saturated rings. The van der Waals surface area contributed by atoms with Crippen LogP contribution < -0.4 is 5.32 Å². The third-order valence-electron chi connectivity index (χ3n) is 3.03. The van der Waals surface area contributed by atoms with Crippen LogP contribution in [0, 0.1) is 12.8 Å². The van der Waals surface area contributed by atoms with Crippen molar-refractivity contribution >= 4 is 17.2 Å². The molecule has 0 unspecified atom stereocenters. The van der Waals surface area contributed by atoms with Crippen LogP contribution in [0.4, 0.5) is 0 Å². The van der Waals surface area contributed by atoms with E-state index in [1.165, 1.54) is 17.7 Å². The number of rotatable bonds is 4. The summed E-state index contributed by atoms with van der Waals surface area (Å²) in [5.74, 6) is 0.517. The molecule has 0 spiro atoms. The molecule has 0 atom stereocenters. The minimum absolute atomic E-state index is 0.241. The van der Waals surface area contributed by atoms with Gasteiger partial charge in [0.2, 0.25) is 5.91 Å². The normalized spacial score (nSPS) is 16.6. The molecule has 1 N–H and O–H groups in total. The summed E-state index contributed by atoms with van der Waals surface area (Å²) < 4.78 is 0. The number of nitrogens with one attached hydrogen (secondary N) is 1. The van der Waals surface area contributed by atoms with Crippen molar-refractivity contribution in [2.75, 3.05) is 6.54 Å². The Morgan fingerprint density at radius 3 is 2.94 bits per heavy atom. The van der Waals surface area contributed by atoms with E-state index in [2.05, 4.69) is 17.2 Å². The Morgan fingerprint density at radius 1 is 1.56 bits per heavy atom. The molecule has 1 aliphatic carbocycles. The fourth-order valence-electron chi connectivity index (χ4n) is 2.14. The molecule has 0 bridgehead atoms. The first-order valence-electron chi connectivity index (χ1n) is 5.95. The average molecular weight is 238 g/mol. The van der Waals surface area contributed by atoms with Gasteiger partial charge in [-0.1, -0.05) is 12.8 Å². The number of carbonyl (C=O) groups excluding carboxylic acids is 1. The number of nitrogens with zero attached hydrogens (tertiary/aromatic N) is 1. The van der Waals surface area contributed by atoms with E-state index in [0.717, 1.165) is 30.8 Å². The van der Waals surface area contributed by atoms with E-state index in [4.69, 9.17) is 0 Å². The molecule has 1 aromatic heterocycles. The van der Waals surface area contributed by atoms with Crippen molar-refractivity contribution in [2.45, 2.75) is 39.0 Å². The van der Waals surface area contributed by atoms with Crippen LogP contribution in [-0.2, 0) is 11.2 Å². The number of amides is 1. The molecule has 1 amide bonds. The molecule has 0 saturated heterocycles. The lowest BCUT2D eigenvalue weighted by Gasteiger charge is -2.09. The SMILES string of the molecule is Cc1cnc(CCNC(=O)C2CCCC2)s1. The van der Waals surface area contributed by atoms with Gasteiger partial charge >= 0.3 is 0 Å². The van der Waals surface area contributed by atoms with E-state index in [0.29, 0.717) is 0 Å². The molecule has 16 heavy (non-hydrogen) atoms. The third kappa shape index (κ3) is 3.04. The Labute approximate surface area is 100 Å². The standard InChI is InChI=1S/C12H18N2OS/c1-9-8-14-11(16-9)6-7-13-12(15)10-4-2-3-5-10/h8,10H,2-7H2,1H3,(H,13,15). The van der Waals surface area contributed by atoms with Crippen molar-refractivity contribution in [3.05, 3.63) is 16.1 Å². The molecule has 0 aromatic carbocycles. The highest BCUT2D eigenvalue weighted by Crippen LogP contribution is 2.24. The van der Waals surface area contributed by atoms with Crippen molar-refractivity contribution < 1.29 is 4.79 Å². The van der Waals surface area contributed by atoms with Crippen molar-refractivity contribution in [1.29, 1.82) is 0 Å². The van der Waals surface area contributed by atoms with Crippen molar-refractivity contribution in [3.8, 4) is 0 Å². The first kappa shape index (κ1) is 11.6. The zero-order chi connectivity index (χ0) is 11.4. The molecular formula is C12H18N2OS. The predicted molar refractivity (Wildman–Crippen MR) is 65.5 cm³/mol. The zero-order valence-corrected chi connectivity index (χ0v) is 10.5. The van der Waals surface area contributed by atoms with Crippen LogP contribution in [0.1, 0.15) is 35.6 Å². The van der Waals surface area contributed by atoms with Crippen LogP contribution in [-0.4, -0.2) is 17.4 Å². The molecule has 1 aliphatic rings. The van der Waals surface area contributed by atoms with Gasteiger partial charge in [-0.05, 0) is 19.8 Å². The molecular weight excluding hydrogens is 220 g/mol. The van der Waals surface area contributed by atoms with Crippen LogP contribution in [0.3, 0.4) is 0 Å². The lowest BCUT2D eigenvalue weighted by atomic mass is 10.1. The summed E-state index contributed by atoms with van der Waals surface area (Å²) in [6.07, 6.45) is 7.31. The lowest BCUT2D eigenvalue weighted by Crippen LogP contribution is -2.30. The number of hydrogen-bond acceptors (Lipinski definition) is 3. The zero-order valence-electron chi connectivity index (χ0n) is 9.66. The Hall–Kier alpha value is -0.900. The van der Waals surface area contributed by atoms with Crippen LogP contribution >= 0.6 is 11.3 Å². The predicted octanol–water partition coefficient (Wildman–Crippen LogP) is 2.30. The first-order valence-corrected chi connectivity index (χ1v) is 6.76. The summed E-state index contributed by atoms with van der Waals surface area (Å²) in [6, 6.07) is 0. The van der Waals surface area contributed by atoms with Crippen LogP contribution in [0.15, 0.2) is 6.20 Å². The van der Waals surface area contributed by atoms with Gasteiger partial charge in [0.05, 0.1) is 5.01 Å². The maximum atomic E-state index is 11.7. The molecule has 4 heteroatoms. The number of hydrogen-bond donors (Lipinski definition) is 1. The Bertz CT molecular complexity index is 356. The average Bonchev–Trinajstić information content (AvgIpc) is 2.89. The molecule has 2 rings (SSSR count). The molecule has 0 aliphatic heterocycles. The highest BCUT2D eigenvalue weighted by molar-refractivity contribution is 7.11. The van der Waals surface area contributed by atoms with Crippen LogP contribution in [0.5, 0.6) is 0 Å². The van der Waals surface area contributed by atoms with Gasteiger partial charge in [-0.15, -0.1) is 11.3 Å². The summed E-state index contributed by atoms with van der Waals surface area (Å²) in [5, 5.41) is 4.13. The van der Waals surface area contributed by atoms with E-state index in [9.17, 15) is 4.79 Å². The lowest BCUT2D eigenvalue weighted by molar-refractivity contribution is -0.124. The van der Waals surface area contributed by atoms with Crippen LogP contribution in [0.2, 0.25) is 0 Å². The number of aryl methyl sites for hydroxylation is 1. The van der Waals surface area contributed by atoms with Gasteiger partial charge < -0.3 is 5.32 Å². The minimum Gasteiger partial charge on any atom is -0.355 e. The van der Waals surface area contributed by atoms with Gasteiger partial charge in [0.1, 0.15) is 0 Å². The molecule has 1 heterocycles. The van der Waals surface area contributed by atoms with Gasteiger partial charge in [-0.25, -0.2) is 4.98 Å². The minimum atomic E-state index is 0.241. The largest absolute Gasteiger partial charge is 0.355 e. The van der Waals surface area contributed by atoms with Gasteiger partial charge in [-0.3, -0.25) is 4.79 Å². The summed E-state index contributed by atoms with van der Waals surface area (Å²) in [7, 11) is 0. The molecule has 0 radical (unpaired) electrons. The maximum Gasteiger partial charge on any atom is 0.223 e. The van der Waals surface area contributed by atoms with Gasteiger partial charge in [-0.2, -0.15) is 0 Å². The first-order chi connectivity index (χ1) is 7.75. The maximum absolute atomic E-state index is 11.7. The fraction of sp³-hybridized carbons (Fsp3) is 0.667. The molecule has 1 aromatic rings. The van der Waals surface area contributed by atoms with Gasteiger partial charge in [0.25, 0.3) is 0 Å². The number of thiazole rings is 1. The van der Waals surface area contributed by atoms with E-state index in [1.54, 1.807) is 11.3 Å². The molecule has 1 saturated carbocycles. The number of aromatic nitrogens is 1. The number of carbonyl (C=O) groups is 1. The van der Waals surface area contributed by atoms with Crippen LogP contribution in [0.25, 0.3) is 0 Å². The Morgan fingerprint density at radius 2 is 2.31 bits per heavy atom. The highest BCUT2D eigenvalue weighted by atomic mass is 32.1. The topological polar surface area (TPSA) is 42.0 Å². The van der Waals surface area contributed by atoms with E-state index in [1.807, 2.05) is 6.20 Å². The summed E-state index contributed by atoms with van der Waals surface area (Å²) in [5.41, 5.74) is 0. The summed E-state index contributed by atoms with van der Waals surface area (Å²) in [4.78, 5) is 17.2. The Kier molecular flexibility index (Phi) is 3.93. The van der Waals surface area contributed by atoms with Crippen molar-refractivity contribution in [2.24, 2.45) is 5.92 Å². The fourth-order valence-corrected chi connectivity index (χ4v) is 2.93.